The highest BCUT2D eigenvalue weighted by molar-refractivity contribution is 9.09. The quantitative estimate of drug-likeness (QED) is 0.839. The second-order valence-electron chi connectivity index (χ2n) is 3.66. The van der Waals surface area contributed by atoms with Crippen molar-refractivity contribution in [2.75, 3.05) is 6.61 Å². The number of hydrogen-bond donors (Lipinski definition) is 1. The van der Waals surface area contributed by atoms with E-state index in [2.05, 4.69) is 45.5 Å². The van der Waals surface area contributed by atoms with Gasteiger partial charge in [-0.1, -0.05) is 45.8 Å². The predicted octanol–water partition coefficient (Wildman–Crippen LogP) is 2.54. The summed E-state index contributed by atoms with van der Waals surface area (Å²) < 4.78 is 4.85. The molecule has 0 aliphatic carbocycles. The first-order chi connectivity index (χ1) is 7.16. The van der Waals surface area contributed by atoms with Gasteiger partial charge in [-0.2, -0.15) is 0 Å². The van der Waals surface area contributed by atoms with Crippen molar-refractivity contribution >= 4 is 22.0 Å². The maximum atomic E-state index is 10.9. The van der Waals surface area contributed by atoms with Gasteiger partial charge in [0.05, 0.1) is 10.9 Å². The standard InChI is InChI=1S/C11H12BrNO2/c1-7-2-4-8(5-3-7)10(12)9-6-15-11(14)13-9/h2-5,9-10H,6H2,1H3,(H,13,14)/t9-,10+/m1/s1. The molecule has 0 radical (unpaired) electrons. The van der Waals surface area contributed by atoms with Gasteiger partial charge in [0, 0.05) is 0 Å². The molecule has 1 aromatic carbocycles. The maximum absolute atomic E-state index is 10.9. The highest BCUT2D eigenvalue weighted by atomic mass is 79.9. The summed E-state index contributed by atoms with van der Waals surface area (Å²) in [7, 11) is 0. The molecule has 1 aliphatic rings. The summed E-state index contributed by atoms with van der Waals surface area (Å²) >= 11 is 3.57. The largest absolute Gasteiger partial charge is 0.447 e. The zero-order valence-electron chi connectivity index (χ0n) is 8.37. The van der Waals surface area contributed by atoms with Crippen LogP contribution in [0.3, 0.4) is 0 Å². The lowest BCUT2D eigenvalue weighted by atomic mass is 10.1. The van der Waals surface area contributed by atoms with Crippen molar-refractivity contribution in [3.05, 3.63) is 35.4 Å². The number of carbonyl (C=O) groups excluding carboxylic acids is 1. The molecule has 2 atom stereocenters. The van der Waals surface area contributed by atoms with Crippen molar-refractivity contribution in [3.8, 4) is 0 Å². The summed E-state index contributed by atoms with van der Waals surface area (Å²) in [5.74, 6) is 0. The lowest BCUT2D eigenvalue weighted by molar-refractivity contribution is 0.177. The number of alkyl carbamates (subject to hydrolysis) is 1. The number of carbonyl (C=O) groups is 1. The summed E-state index contributed by atoms with van der Waals surface area (Å²) in [5.41, 5.74) is 2.38. The Morgan fingerprint density at radius 3 is 2.67 bits per heavy atom. The summed E-state index contributed by atoms with van der Waals surface area (Å²) in [4.78, 5) is 11.0. The van der Waals surface area contributed by atoms with Gasteiger partial charge in [0.1, 0.15) is 6.61 Å². The molecule has 0 unspecified atom stereocenters. The van der Waals surface area contributed by atoms with E-state index in [1.807, 2.05) is 6.92 Å². The normalized spacial score (nSPS) is 22.0. The Kier molecular flexibility index (Phi) is 2.95. The van der Waals surface area contributed by atoms with E-state index < -0.39 is 0 Å². The van der Waals surface area contributed by atoms with E-state index in [1.54, 1.807) is 0 Å². The Bertz CT molecular complexity index is 363. The second kappa shape index (κ2) is 4.23. The van der Waals surface area contributed by atoms with Gasteiger partial charge in [0.15, 0.2) is 0 Å². The topological polar surface area (TPSA) is 38.3 Å². The first kappa shape index (κ1) is 10.5. The Morgan fingerprint density at radius 1 is 1.47 bits per heavy atom. The Morgan fingerprint density at radius 2 is 2.13 bits per heavy atom. The highest BCUT2D eigenvalue weighted by Crippen LogP contribution is 2.28. The Hall–Kier alpha value is -1.03. The summed E-state index contributed by atoms with van der Waals surface area (Å²) in [6.45, 7) is 2.47. The summed E-state index contributed by atoms with van der Waals surface area (Å²) in [5, 5.41) is 2.76. The number of halogens is 1. The van der Waals surface area contributed by atoms with E-state index in [1.165, 1.54) is 5.56 Å². The van der Waals surface area contributed by atoms with Gasteiger partial charge >= 0.3 is 6.09 Å². The average Bonchev–Trinajstić information content (AvgIpc) is 2.65. The molecule has 1 fully saturated rings. The number of ether oxygens (including phenoxy) is 1. The second-order valence-corrected chi connectivity index (χ2v) is 4.65. The van der Waals surface area contributed by atoms with Crippen LogP contribution in [-0.2, 0) is 4.74 Å². The van der Waals surface area contributed by atoms with Crippen LogP contribution >= 0.6 is 15.9 Å². The number of hydrogen-bond acceptors (Lipinski definition) is 2. The number of benzene rings is 1. The molecule has 1 heterocycles. The van der Waals surface area contributed by atoms with E-state index >= 15 is 0 Å². The molecule has 15 heavy (non-hydrogen) atoms. The minimum absolute atomic E-state index is 0.0141. The molecule has 0 bridgehead atoms. The molecule has 4 heteroatoms. The van der Waals surface area contributed by atoms with E-state index in [9.17, 15) is 4.79 Å². The van der Waals surface area contributed by atoms with Crippen LogP contribution in [0.4, 0.5) is 4.79 Å². The molecule has 0 saturated carbocycles. The molecule has 3 nitrogen and oxygen atoms in total. The van der Waals surface area contributed by atoms with Crippen LogP contribution in [0.5, 0.6) is 0 Å². The first-order valence-electron chi connectivity index (χ1n) is 4.81. The monoisotopic (exact) mass is 269 g/mol. The van der Waals surface area contributed by atoms with Crippen LogP contribution in [0.1, 0.15) is 16.0 Å². The molecule has 1 saturated heterocycles. The van der Waals surface area contributed by atoms with Crippen LogP contribution in [-0.4, -0.2) is 18.7 Å². The molecule has 1 amide bonds. The fraction of sp³-hybridized carbons (Fsp3) is 0.364. The molecule has 80 valence electrons. The van der Waals surface area contributed by atoms with Crippen molar-refractivity contribution in [2.24, 2.45) is 0 Å². The molecule has 0 aromatic heterocycles. The van der Waals surface area contributed by atoms with Crippen LogP contribution in [0.15, 0.2) is 24.3 Å². The average molecular weight is 270 g/mol. The van der Waals surface area contributed by atoms with Gasteiger partial charge in [-0.25, -0.2) is 4.79 Å². The number of alkyl halides is 1. The van der Waals surface area contributed by atoms with E-state index in [0.29, 0.717) is 6.61 Å². The van der Waals surface area contributed by atoms with Crippen LogP contribution in [0.25, 0.3) is 0 Å². The highest BCUT2D eigenvalue weighted by Gasteiger charge is 2.29. The first-order valence-corrected chi connectivity index (χ1v) is 5.72. The van der Waals surface area contributed by atoms with E-state index in [4.69, 9.17) is 4.74 Å². The Labute approximate surface area is 96.9 Å². The molecule has 2 rings (SSSR count). The van der Waals surface area contributed by atoms with Crippen LogP contribution in [0, 0.1) is 6.92 Å². The minimum Gasteiger partial charge on any atom is -0.447 e. The fourth-order valence-corrected chi connectivity index (χ4v) is 2.13. The molecule has 1 aliphatic heterocycles. The smallest absolute Gasteiger partial charge is 0.407 e. The summed E-state index contributed by atoms with van der Waals surface area (Å²) in [6, 6.07) is 8.24. The van der Waals surface area contributed by atoms with Crippen LogP contribution < -0.4 is 5.32 Å². The number of nitrogens with one attached hydrogen (secondary N) is 1. The zero-order chi connectivity index (χ0) is 10.8. The third-order valence-electron chi connectivity index (χ3n) is 2.45. The van der Waals surface area contributed by atoms with Gasteiger partial charge in [-0.05, 0) is 12.5 Å². The van der Waals surface area contributed by atoms with Gasteiger partial charge in [-0.15, -0.1) is 0 Å². The van der Waals surface area contributed by atoms with Crippen LogP contribution in [0.2, 0.25) is 0 Å². The van der Waals surface area contributed by atoms with Gasteiger partial charge in [0.25, 0.3) is 0 Å². The predicted molar refractivity (Wildman–Crippen MR) is 61.1 cm³/mol. The van der Waals surface area contributed by atoms with Crippen molar-refractivity contribution < 1.29 is 9.53 Å². The minimum atomic E-state index is -0.337. The lowest BCUT2D eigenvalue weighted by Gasteiger charge is -2.15. The SMILES string of the molecule is Cc1ccc([C@H](Br)[C@H]2COC(=O)N2)cc1. The van der Waals surface area contributed by atoms with E-state index in [-0.39, 0.29) is 17.0 Å². The molecule has 1 N–H and O–H groups in total. The van der Waals surface area contributed by atoms with Gasteiger partial charge in [0.2, 0.25) is 0 Å². The van der Waals surface area contributed by atoms with Gasteiger partial charge < -0.3 is 10.1 Å². The third-order valence-corrected chi connectivity index (χ3v) is 3.61. The number of cyclic esters (lactones) is 1. The summed E-state index contributed by atoms with van der Waals surface area (Å²) in [6.07, 6.45) is -0.337. The molecule has 0 spiro atoms. The fourth-order valence-electron chi connectivity index (χ4n) is 1.54. The van der Waals surface area contributed by atoms with Crippen molar-refractivity contribution in [1.29, 1.82) is 0 Å². The molecular weight excluding hydrogens is 258 g/mol. The maximum Gasteiger partial charge on any atom is 0.407 e. The molecular formula is C11H12BrNO2. The third kappa shape index (κ3) is 2.31. The molecule has 1 aromatic rings. The number of aryl methyl sites for hydroxylation is 1. The lowest BCUT2D eigenvalue weighted by Crippen LogP contribution is -2.29. The van der Waals surface area contributed by atoms with Gasteiger partial charge in [-0.3, -0.25) is 0 Å². The van der Waals surface area contributed by atoms with Crippen molar-refractivity contribution in [3.63, 3.8) is 0 Å². The number of amides is 1. The van der Waals surface area contributed by atoms with Crippen molar-refractivity contribution in [1.82, 2.24) is 5.32 Å². The zero-order valence-corrected chi connectivity index (χ0v) is 9.95. The van der Waals surface area contributed by atoms with E-state index in [0.717, 1.165) is 5.56 Å². The Balaban J connectivity index is 2.10. The van der Waals surface area contributed by atoms with Crippen molar-refractivity contribution in [2.45, 2.75) is 17.8 Å². The number of rotatable bonds is 2.